The Labute approximate surface area is 251 Å². The molecule has 4 aromatic rings. The Balaban J connectivity index is 1.07. The van der Waals surface area contributed by atoms with E-state index in [2.05, 4.69) is 44.2 Å². The minimum atomic E-state index is 0.495. The summed E-state index contributed by atoms with van der Waals surface area (Å²) in [4.78, 5) is 14.2. The number of nitriles is 1. The molecule has 7 heterocycles. The molecule has 0 amide bonds. The summed E-state index contributed by atoms with van der Waals surface area (Å²) in [6.45, 7) is 5.83. The number of ether oxygens (including phenoxy) is 3. The van der Waals surface area contributed by atoms with Crippen molar-refractivity contribution in [3.8, 4) is 28.8 Å². The Morgan fingerprint density at radius 1 is 1.07 bits per heavy atom. The highest BCUT2D eigenvalue weighted by Crippen LogP contribution is 2.43. The molecule has 43 heavy (non-hydrogen) atoms. The van der Waals surface area contributed by atoms with Gasteiger partial charge in [0.15, 0.2) is 0 Å². The van der Waals surface area contributed by atoms with Gasteiger partial charge >= 0.3 is 0 Å². The van der Waals surface area contributed by atoms with Crippen molar-refractivity contribution in [2.75, 3.05) is 58.0 Å². The molecule has 10 nitrogen and oxygen atoms in total. The van der Waals surface area contributed by atoms with Crippen molar-refractivity contribution >= 4 is 11.3 Å². The highest BCUT2D eigenvalue weighted by Gasteiger charge is 2.40. The van der Waals surface area contributed by atoms with Gasteiger partial charge in [-0.15, -0.1) is 0 Å². The zero-order valence-electron chi connectivity index (χ0n) is 24.6. The Morgan fingerprint density at radius 2 is 1.98 bits per heavy atom. The van der Waals surface area contributed by atoms with E-state index in [1.165, 1.54) is 24.8 Å². The van der Waals surface area contributed by atoms with Gasteiger partial charge in [-0.25, -0.2) is 14.5 Å². The topological polar surface area (TPSA) is 101 Å². The number of hydrogen-bond donors (Lipinski definition) is 0. The summed E-state index contributed by atoms with van der Waals surface area (Å²) in [5, 5.41) is 14.2. The largest absolute Gasteiger partial charge is 0.491 e. The number of hydrogen-bond acceptors (Lipinski definition) is 9. The summed E-state index contributed by atoms with van der Waals surface area (Å²) in [6, 6.07) is 13.1. The summed E-state index contributed by atoms with van der Waals surface area (Å²) in [5.41, 5.74) is 4.42. The number of morpholine rings is 1. The fraction of sp³-hybridized carbons (Fsp3) is 0.455. The molecule has 8 rings (SSSR count). The van der Waals surface area contributed by atoms with Crippen LogP contribution in [-0.2, 0) is 11.2 Å². The molecule has 2 bridgehead atoms. The van der Waals surface area contributed by atoms with Gasteiger partial charge in [-0.3, -0.25) is 4.90 Å². The second-order valence-electron chi connectivity index (χ2n) is 11.8. The fourth-order valence-corrected chi connectivity index (χ4v) is 7.02. The number of piperidine rings is 2. The highest BCUT2D eigenvalue weighted by atomic mass is 16.5. The van der Waals surface area contributed by atoms with Crippen LogP contribution in [0.4, 0.5) is 5.82 Å². The first kappa shape index (κ1) is 27.6. The van der Waals surface area contributed by atoms with E-state index in [-0.39, 0.29) is 0 Å². The van der Waals surface area contributed by atoms with Gasteiger partial charge < -0.3 is 19.1 Å². The zero-order valence-corrected chi connectivity index (χ0v) is 24.6. The Kier molecular flexibility index (Phi) is 7.83. The third kappa shape index (κ3) is 5.75. The molecule has 0 radical (unpaired) electrons. The van der Waals surface area contributed by atoms with Crippen LogP contribution in [-0.4, -0.2) is 83.6 Å². The lowest BCUT2D eigenvalue weighted by Crippen LogP contribution is -2.52. The summed E-state index contributed by atoms with van der Waals surface area (Å²) < 4.78 is 18.6. The van der Waals surface area contributed by atoms with Gasteiger partial charge in [0.05, 0.1) is 43.8 Å². The van der Waals surface area contributed by atoms with Gasteiger partial charge in [0, 0.05) is 61.8 Å². The van der Waals surface area contributed by atoms with E-state index in [1.807, 2.05) is 30.7 Å². The van der Waals surface area contributed by atoms with Crippen LogP contribution >= 0.6 is 0 Å². The predicted molar refractivity (Wildman–Crippen MR) is 162 cm³/mol. The van der Waals surface area contributed by atoms with Crippen LogP contribution in [0.5, 0.6) is 11.6 Å². The number of methoxy groups -OCH3 is 1. The van der Waals surface area contributed by atoms with Crippen molar-refractivity contribution in [1.82, 2.24) is 24.5 Å². The smallest absolute Gasteiger partial charge is 0.212 e. The lowest BCUT2D eigenvalue weighted by Gasteiger charge is -2.50. The summed E-state index contributed by atoms with van der Waals surface area (Å²) >= 11 is 0. The first-order valence-electron chi connectivity index (χ1n) is 15.2. The maximum atomic E-state index is 9.78. The minimum Gasteiger partial charge on any atom is -0.491 e. The first-order chi connectivity index (χ1) is 21.2. The third-order valence-corrected chi connectivity index (χ3v) is 9.33. The van der Waals surface area contributed by atoms with E-state index in [4.69, 9.17) is 19.2 Å². The predicted octanol–water partition coefficient (Wildman–Crippen LogP) is 4.23. The molecular weight excluding hydrogens is 542 g/mol. The molecule has 3 saturated heterocycles. The Morgan fingerprint density at radius 3 is 2.70 bits per heavy atom. The number of rotatable bonds is 9. The quantitative estimate of drug-likeness (QED) is 0.288. The molecule has 4 aliphatic rings. The Hall–Kier alpha value is -4.20. The summed E-state index contributed by atoms with van der Waals surface area (Å²) in [7, 11) is 1.65. The van der Waals surface area contributed by atoms with Crippen LogP contribution in [0.2, 0.25) is 0 Å². The standard InChI is InChI=1S/C33H37N7O3/c1-41-32-7-2-23(18-36-32)14-26-15-28-5-3-25(26)21-39(28)31-6-4-24(19-35-31)30-16-29(22-40-33(30)27(17-34)20-37-40)43-13-10-38-8-11-42-12-9-38/h2,4,6-7,16,18-20,22,25-26,28H,3,5,8-15,21H2,1H3. The second-order valence-corrected chi connectivity index (χ2v) is 11.8. The van der Waals surface area contributed by atoms with Crippen LogP contribution in [0, 0.1) is 23.2 Å². The average molecular weight is 580 g/mol. The van der Waals surface area contributed by atoms with Crippen LogP contribution in [0.1, 0.15) is 30.4 Å². The molecule has 1 aliphatic carbocycles. The number of fused-ring (bicyclic) bond motifs is 4. The van der Waals surface area contributed by atoms with E-state index < -0.39 is 0 Å². The molecule has 3 atom stereocenters. The maximum absolute atomic E-state index is 9.78. The summed E-state index contributed by atoms with van der Waals surface area (Å²) in [5.74, 6) is 3.71. The van der Waals surface area contributed by atoms with Gasteiger partial charge in [-0.05, 0) is 61.3 Å². The first-order valence-corrected chi connectivity index (χ1v) is 15.2. The molecule has 0 aromatic carbocycles. The van der Waals surface area contributed by atoms with Gasteiger partial charge in [0.25, 0.3) is 0 Å². The van der Waals surface area contributed by atoms with E-state index >= 15 is 0 Å². The minimum absolute atomic E-state index is 0.495. The van der Waals surface area contributed by atoms with Crippen LogP contribution in [0.15, 0.2) is 55.1 Å². The fourth-order valence-electron chi connectivity index (χ4n) is 7.02. The molecule has 4 aromatic heterocycles. The molecule has 0 N–H and O–H groups in total. The normalized spacial score (nSPS) is 22.0. The number of anilines is 1. The molecule has 0 spiro atoms. The lowest BCUT2D eigenvalue weighted by molar-refractivity contribution is 0.0322. The number of pyridine rings is 3. The van der Waals surface area contributed by atoms with E-state index in [1.54, 1.807) is 17.8 Å². The number of nitrogens with zero attached hydrogens (tertiary/aromatic N) is 7. The van der Waals surface area contributed by atoms with E-state index in [0.717, 1.165) is 74.0 Å². The third-order valence-electron chi connectivity index (χ3n) is 9.33. The highest BCUT2D eigenvalue weighted by molar-refractivity contribution is 5.85. The van der Waals surface area contributed by atoms with Crippen LogP contribution in [0.25, 0.3) is 16.6 Å². The van der Waals surface area contributed by atoms with Crippen molar-refractivity contribution in [1.29, 1.82) is 5.26 Å². The molecule has 10 heteroatoms. The van der Waals surface area contributed by atoms with Gasteiger partial charge in [-0.1, -0.05) is 6.07 Å². The van der Waals surface area contributed by atoms with Crippen molar-refractivity contribution in [2.45, 2.75) is 31.7 Å². The van der Waals surface area contributed by atoms with Crippen molar-refractivity contribution in [2.24, 2.45) is 11.8 Å². The van der Waals surface area contributed by atoms with Crippen LogP contribution in [0.3, 0.4) is 0 Å². The molecule has 3 unspecified atom stereocenters. The van der Waals surface area contributed by atoms with Gasteiger partial charge in [-0.2, -0.15) is 10.4 Å². The average Bonchev–Trinajstić information content (AvgIpc) is 3.49. The SMILES string of the molecule is COc1ccc(CC2CC3CCC2CN3c2ccc(-c3cc(OCCN4CCOCC4)cn4ncc(C#N)c34)cn2)cn1. The lowest BCUT2D eigenvalue weighted by atomic mass is 9.70. The monoisotopic (exact) mass is 579 g/mol. The van der Waals surface area contributed by atoms with Crippen molar-refractivity contribution in [3.63, 3.8) is 0 Å². The molecule has 4 fully saturated rings. The molecular formula is C33H37N7O3. The van der Waals surface area contributed by atoms with Gasteiger partial charge in [0.1, 0.15) is 24.2 Å². The van der Waals surface area contributed by atoms with Crippen molar-refractivity contribution in [3.05, 3.63) is 66.2 Å². The second kappa shape index (κ2) is 12.2. The van der Waals surface area contributed by atoms with Crippen molar-refractivity contribution < 1.29 is 14.2 Å². The molecule has 1 saturated carbocycles. The molecule has 222 valence electrons. The summed E-state index contributed by atoms with van der Waals surface area (Å²) in [6.07, 6.45) is 12.1. The number of aromatic nitrogens is 4. The molecule has 3 aliphatic heterocycles. The Bertz CT molecular complexity index is 1590. The van der Waals surface area contributed by atoms with Gasteiger partial charge in [0.2, 0.25) is 5.88 Å². The zero-order chi connectivity index (χ0) is 29.2. The van der Waals surface area contributed by atoms with Crippen LogP contribution < -0.4 is 14.4 Å². The maximum Gasteiger partial charge on any atom is 0.212 e. The van der Waals surface area contributed by atoms with E-state index in [9.17, 15) is 5.26 Å². The van der Waals surface area contributed by atoms with E-state index in [0.29, 0.717) is 35.9 Å².